The van der Waals surface area contributed by atoms with E-state index in [-0.39, 0.29) is 0 Å². The number of nitrogens with one attached hydrogen (secondary N) is 1. The van der Waals surface area contributed by atoms with Crippen LogP contribution in [0.2, 0.25) is 0 Å². The molecule has 1 aliphatic carbocycles. The van der Waals surface area contributed by atoms with Gasteiger partial charge >= 0.3 is 0 Å². The number of anilines is 1. The monoisotopic (exact) mass is 219 g/mol. The minimum atomic E-state index is 0.887. The zero-order valence-corrected chi connectivity index (χ0v) is 10.2. The molecule has 0 aromatic carbocycles. The number of hydrogen-bond donors (Lipinski definition) is 1. The van der Waals surface area contributed by atoms with E-state index in [4.69, 9.17) is 0 Å². The second-order valence-corrected chi connectivity index (χ2v) is 4.71. The van der Waals surface area contributed by atoms with Crippen LogP contribution in [0.5, 0.6) is 0 Å². The van der Waals surface area contributed by atoms with Crippen LogP contribution in [0.3, 0.4) is 0 Å². The highest BCUT2D eigenvalue weighted by Gasteiger charge is 2.20. The summed E-state index contributed by atoms with van der Waals surface area (Å²) < 4.78 is 0. The standard InChI is InChI=1S/C13H21N3/c1-14-8-12-9-15-7-6-13(12)16(2)10-11-4-3-5-11/h6-7,9,11,14H,3-5,8,10H2,1-2H3. The van der Waals surface area contributed by atoms with Gasteiger partial charge in [0.25, 0.3) is 0 Å². The molecule has 0 saturated heterocycles. The number of rotatable bonds is 5. The summed E-state index contributed by atoms with van der Waals surface area (Å²) in [5, 5.41) is 3.19. The zero-order chi connectivity index (χ0) is 11.4. The van der Waals surface area contributed by atoms with E-state index in [2.05, 4.69) is 28.3 Å². The number of hydrogen-bond acceptors (Lipinski definition) is 3. The van der Waals surface area contributed by atoms with Crippen LogP contribution in [0.1, 0.15) is 24.8 Å². The largest absolute Gasteiger partial charge is 0.374 e. The van der Waals surface area contributed by atoms with Gasteiger partial charge in [0.1, 0.15) is 0 Å². The quantitative estimate of drug-likeness (QED) is 0.821. The summed E-state index contributed by atoms with van der Waals surface area (Å²) in [6.45, 7) is 2.07. The van der Waals surface area contributed by atoms with Crippen molar-refractivity contribution in [2.75, 3.05) is 25.5 Å². The van der Waals surface area contributed by atoms with Gasteiger partial charge in [0, 0.05) is 43.8 Å². The first-order valence-corrected chi connectivity index (χ1v) is 6.10. The van der Waals surface area contributed by atoms with Crippen molar-refractivity contribution in [3.63, 3.8) is 0 Å². The Labute approximate surface area is 97.9 Å². The van der Waals surface area contributed by atoms with Crippen molar-refractivity contribution < 1.29 is 0 Å². The second-order valence-electron chi connectivity index (χ2n) is 4.71. The Hall–Kier alpha value is -1.09. The van der Waals surface area contributed by atoms with Crippen molar-refractivity contribution in [1.82, 2.24) is 10.3 Å². The van der Waals surface area contributed by atoms with Gasteiger partial charge < -0.3 is 10.2 Å². The molecule has 1 saturated carbocycles. The highest BCUT2D eigenvalue weighted by atomic mass is 15.1. The van der Waals surface area contributed by atoms with Crippen LogP contribution in [0.4, 0.5) is 5.69 Å². The van der Waals surface area contributed by atoms with Gasteiger partial charge in [0.2, 0.25) is 0 Å². The van der Waals surface area contributed by atoms with Gasteiger partial charge in [-0.05, 0) is 31.9 Å². The molecule has 0 atom stereocenters. The van der Waals surface area contributed by atoms with Crippen LogP contribution >= 0.6 is 0 Å². The van der Waals surface area contributed by atoms with Crippen molar-refractivity contribution in [3.05, 3.63) is 24.0 Å². The van der Waals surface area contributed by atoms with Crippen LogP contribution in [0.25, 0.3) is 0 Å². The van der Waals surface area contributed by atoms with Crippen molar-refractivity contribution >= 4 is 5.69 Å². The molecule has 0 radical (unpaired) electrons. The first kappa shape index (κ1) is 11.4. The molecule has 1 fully saturated rings. The molecule has 16 heavy (non-hydrogen) atoms. The van der Waals surface area contributed by atoms with E-state index in [1.54, 1.807) is 0 Å². The van der Waals surface area contributed by atoms with Crippen molar-refractivity contribution in [2.24, 2.45) is 5.92 Å². The van der Waals surface area contributed by atoms with E-state index < -0.39 is 0 Å². The minimum absolute atomic E-state index is 0.887. The van der Waals surface area contributed by atoms with Crippen molar-refractivity contribution in [1.29, 1.82) is 0 Å². The molecule has 0 unspecified atom stereocenters. The van der Waals surface area contributed by atoms with Gasteiger partial charge in [-0.15, -0.1) is 0 Å². The lowest BCUT2D eigenvalue weighted by Gasteiger charge is -2.32. The summed E-state index contributed by atoms with van der Waals surface area (Å²) in [5.41, 5.74) is 2.60. The Morgan fingerprint density at radius 2 is 2.31 bits per heavy atom. The summed E-state index contributed by atoms with van der Waals surface area (Å²) in [6, 6.07) is 2.12. The Morgan fingerprint density at radius 3 is 2.94 bits per heavy atom. The molecule has 3 heteroatoms. The number of aromatic nitrogens is 1. The average molecular weight is 219 g/mol. The van der Waals surface area contributed by atoms with Crippen molar-refractivity contribution in [2.45, 2.75) is 25.8 Å². The molecule has 0 spiro atoms. The smallest absolute Gasteiger partial charge is 0.0440 e. The maximum absolute atomic E-state index is 4.19. The SMILES string of the molecule is CNCc1cnccc1N(C)CC1CCC1. The lowest BCUT2D eigenvalue weighted by atomic mass is 9.85. The molecule has 3 nitrogen and oxygen atoms in total. The van der Waals surface area contributed by atoms with E-state index in [1.165, 1.54) is 37.1 Å². The summed E-state index contributed by atoms with van der Waals surface area (Å²) in [6.07, 6.45) is 8.06. The fourth-order valence-electron chi connectivity index (χ4n) is 2.28. The molecule has 2 rings (SSSR count). The van der Waals surface area contributed by atoms with E-state index in [9.17, 15) is 0 Å². The molecular formula is C13H21N3. The van der Waals surface area contributed by atoms with E-state index >= 15 is 0 Å². The van der Waals surface area contributed by atoms with Gasteiger partial charge in [-0.25, -0.2) is 0 Å². The fourth-order valence-corrected chi connectivity index (χ4v) is 2.28. The Bertz CT molecular complexity index is 334. The summed E-state index contributed by atoms with van der Waals surface area (Å²) in [5.74, 6) is 0.903. The van der Waals surface area contributed by atoms with E-state index in [1.807, 2.05) is 19.4 Å². The second kappa shape index (κ2) is 5.30. The minimum Gasteiger partial charge on any atom is -0.374 e. The molecule has 1 heterocycles. The number of nitrogens with zero attached hydrogens (tertiary/aromatic N) is 2. The highest BCUT2D eigenvalue weighted by Crippen LogP contribution is 2.29. The first-order chi connectivity index (χ1) is 7.81. The van der Waals surface area contributed by atoms with Gasteiger partial charge in [0.15, 0.2) is 0 Å². The van der Waals surface area contributed by atoms with Crippen LogP contribution < -0.4 is 10.2 Å². The summed E-state index contributed by atoms with van der Waals surface area (Å²) in [4.78, 5) is 6.57. The molecular weight excluding hydrogens is 198 g/mol. The van der Waals surface area contributed by atoms with E-state index in [0.717, 1.165) is 12.5 Å². The molecule has 0 bridgehead atoms. The third kappa shape index (κ3) is 2.53. The fraction of sp³-hybridized carbons (Fsp3) is 0.615. The molecule has 0 aliphatic heterocycles. The molecule has 1 aromatic heterocycles. The predicted molar refractivity (Wildman–Crippen MR) is 67.6 cm³/mol. The van der Waals surface area contributed by atoms with Crippen LogP contribution in [-0.2, 0) is 6.54 Å². The normalized spacial score (nSPS) is 15.9. The summed E-state index contributed by atoms with van der Waals surface area (Å²) >= 11 is 0. The van der Waals surface area contributed by atoms with Crippen molar-refractivity contribution in [3.8, 4) is 0 Å². The zero-order valence-electron chi connectivity index (χ0n) is 10.2. The third-order valence-corrected chi connectivity index (χ3v) is 3.41. The van der Waals surface area contributed by atoms with Crippen LogP contribution in [-0.4, -0.2) is 25.6 Å². The lowest BCUT2D eigenvalue weighted by molar-refractivity contribution is 0.321. The van der Waals surface area contributed by atoms with Crippen LogP contribution in [0.15, 0.2) is 18.5 Å². The van der Waals surface area contributed by atoms with Gasteiger partial charge in [-0.3, -0.25) is 4.98 Å². The van der Waals surface area contributed by atoms with Gasteiger partial charge in [-0.2, -0.15) is 0 Å². The van der Waals surface area contributed by atoms with E-state index in [0.29, 0.717) is 0 Å². The molecule has 1 aromatic rings. The predicted octanol–water partition coefficient (Wildman–Crippen LogP) is 2.04. The maximum atomic E-state index is 4.19. The van der Waals surface area contributed by atoms with Gasteiger partial charge in [0.05, 0.1) is 0 Å². The molecule has 88 valence electrons. The highest BCUT2D eigenvalue weighted by molar-refractivity contribution is 5.51. The first-order valence-electron chi connectivity index (χ1n) is 6.10. The Morgan fingerprint density at radius 1 is 1.50 bits per heavy atom. The lowest BCUT2D eigenvalue weighted by Crippen LogP contribution is -2.30. The number of pyridine rings is 1. The topological polar surface area (TPSA) is 28.2 Å². The maximum Gasteiger partial charge on any atom is 0.0440 e. The average Bonchev–Trinajstić information content (AvgIpc) is 2.24. The van der Waals surface area contributed by atoms with Crippen LogP contribution in [0, 0.1) is 5.92 Å². The molecule has 1 N–H and O–H groups in total. The Kier molecular flexibility index (Phi) is 3.78. The molecule has 1 aliphatic rings. The third-order valence-electron chi connectivity index (χ3n) is 3.41. The summed E-state index contributed by atoms with van der Waals surface area (Å²) in [7, 11) is 4.16. The van der Waals surface area contributed by atoms with Gasteiger partial charge in [-0.1, -0.05) is 6.42 Å². The Balaban J connectivity index is 2.04. The molecule has 0 amide bonds.